The van der Waals surface area contributed by atoms with E-state index in [9.17, 15) is 14.4 Å². The molecule has 2 unspecified atom stereocenters. The summed E-state index contributed by atoms with van der Waals surface area (Å²) in [6, 6.07) is 9.17. The number of carbonyl (C=O) groups excluding carboxylic acids is 3. The number of benzene rings is 1. The van der Waals surface area contributed by atoms with Gasteiger partial charge in [-0.2, -0.15) is 0 Å². The third kappa shape index (κ3) is 2.37. The molecule has 0 bridgehead atoms. The molecule has 1 aliphatic rings. The topological polar surface area (TPSA) is 60.4 Å². The van der Waals surface area contributed by atoms with Crippen LogP contribution in [0.1, 0.15) is 12.5 Å². The van der Waals surface area contributed by atoms with Gasteiger partial charge in [-0.3, -0.25) is 14.4 Å². The second-order valence-electron chi connectivity index (χ2n) is 4.06. The van der Waals surface area contributed by atoms with Crippen molar-refractivity contribution in [3.8, 4) is 0 Å². The van der Waals surface area contributed by atoms with Gasteiger partial charge in [-0.05, 0) is 18.6 Å². The molecule has 4 heteroatoms. The van der Waals surface area contributed by atoms with Crippen molar-refractivity contribution in [2.75, 3.05) is 0 Å². The first-order valence-corrected chi connectivity index (χ1v) is 5.61. The third-order valence-electron chi connectivity index (χ3n) is 2.74. The van der Waals surface area contributed by atoms with Gasteiger partial charge in [0.25, 0.3) is 0 Å². The van der Waals surface area contributed by atoms with E-state index in [1.807, 2.05) is 30.3 Å². The Morgan fingerprint density at radius 3 is 2.44 bits per heavy atom. The third-order valence-corrected chi connectivity index (χ3v) is 2.74. The number of hydrogen-bond acceptors (Lipinski definition) is 4. The Morgan fingerprint density at radius 2 is 1.89 bits per heavy atom. The zero-order valence-corrected chi connectivity index (χ0v) is 9.83. The van der Waals surface area contributed by atoms with E-state index in [-0.39, 0.29) is 0 Å². The Labute approximate surface area is 104 Å². The van der Waals surface area contributed by atoms with E-state index >= 15 is 0 Å². The predicted octanol–water partition coefficient (Wildman–Crippen LogP) is 1.40. The summed E-state index contributed by atoms with van der Waals surface area (Å²) in [5.41, 5.74) is 0.831. The van der Waals surface area contributed by atoms with Gasteiger partial charge in [0.2, 0.25) is 0 Å². The maximum atomic E-state index is 11.8. The number of Topliss-reactive ketones (excluding diaryl/α,β-unsaturated/α-hetero) is 1. The smallest absolute Gasteiger partial charge is 0.325 e. The molecule has 1 heterocycles. The maximum Gasteiger partial charge on any atom is 0.325 e. The molecule has 1 aliphatic heterocycles. The van der Waals surface area contributed by atoms with Crippen LogP contribution in [-0.4, -0.2) is 23.6 Å². The van der Waals surface area contributed by atoms with Crippen LogP contribution in [0.15, 0.2) is 36.4 Å². The molecular formula is C14H12O4. The van der Waals surface area contributed by atoms with Crippen LogP contribution >= 0.6 is 0 Å². The SMILES string of the molecule is CC1OC(=O)C(C(=O)/C=C/c2ccccc2)C1=O. The molecule has 92 valence electrons. The Kier molecular flexibility index (Phi) is 3.37. The first-order chi connectivity index (χ1) is 8.59. The van der Waals surface area contributed by atoms with Gasteiger partial charge in [-0.15, -0.1) is 0 Å². The van der Waals surface area contributed by atoms with Crippen LogP contribution in [0.4, 0.5) is 0 Å². The summed E-state index contributed by atoms with van der Waals surface area (Å²) in [4.78, 5) is 34.7. The van der Waals surface area contributed by atoms with Gasteiger partial charge in [0.05, 0.1) is 0 Å². The van der Waals surface area contributed by atoms with E-state index in [2.05, 4.69) is 0 Å². The molecule has 4 nitrogen and oxygen atoms in total. The predicted molar refractivity (Wildman–Crippen MR) is 64.5 cm³/mol. The number of esters is 1. The van der Waals surface area contributed by atoms with E-state index in [0.29, 0.717) is 0 Å². The van der Waals surface area contributed by atoms with Gasteiger partial charge < -0.3 is 4.74 Å². The van der Waals surface area contributed by atoms with Crippen molar-refractivity contribution in [2.24, 2.45) is 5.92 Å². The summed E-state index contributed by atoms with van der Waals surface area (Å²) >= 11 is 0. The summed E-state index contributed by atoms with van der Waals surface area (Å²) in [7, 11) is 0. The monoisotopic (exact) mass is 244 g/mol. The minimum absolute atomic E-state index is 0.470. The number of allylic oxidation sites excluding steroid dienone is 1. The van der Waals surface area contributed by atoms with Crippen molar-refractivity contribution in [3.05, 3.63) is 42.0 Å². The van der Waals surface area contributed by atoms with Crippen LogP contribution < -0.4 is 0 Å². The Hall–Kier alpha value is -2.23. The summed E-state index contributed by atoms with van der Waals surface area (Å²) in [6.45, 7) is 1.47. The van der Waals surface area contributed by atoms with E-state index in [4.69, 9.17) is 4.74 Å². The first kappa shape index (κ1) is 12.2. The van der Waals surface area contributed by atoms with Crippen molar-refractivity contribution in [3.63, 3.8) is 0 Å². The molecule has 0 N–H and O–H groups in total. The number of ether oxygens (including phenoxy) is 1. The minimum atomic E-state index is -1.29. The number of hydrogen-bond donors (Lipinski definition) is 0. The molecule has 1 saturated heterocycles. The highest BCUT2D eigenvalue weighted by Crippen LogP contribution is 2.18. The fourth-order valence-electron chi connectivity index (χ4n) is 1.75. The second kappa shape index (κ2) is 4.96. The van der Waals surface area contributed by atoms with Crippen LogP contribution in [0.5, 0.6) is 0 Å². The molecular weight excluding hydrogens is 232 g/mol. The summed E-state index contributed by atoms with van der Waals surface area (Å²) in [6.07, 6.45) is 2.00. The van der Waals surface area contributed by atoms with Gasteiger partial charge in [0.15, 0.2) is 23.6 Å². The van der Waals surface area contributed by atoms with Crippen molar-refractivity contribution in [2.45, 2.75) is 13.0 Å². The van der Waals surface area contributed by atoms with Gasteiger partial charge in [0, 0.05) is 0 Å². The van der Waals surface area contributed by atoms with Crippen LogP contribution in [-0.2, 0) is 19.1 Å². The van der Waals surface area contributed by atoms with Gasteiger partial charge >= 0.3 is 5.97 Å². The molecule has 18 heavy (non-hydrogen) atoms. The maximum absolute atomic E-state index is 11.8. The van der Waals surface area contributed by atoms with Gasteiger partial charge in [-0.1, -0.05) is 36.4 Å². The average Bonchev–Trinajstić information content (AvgIpc) is 2.62. The first-order valence-electron chi connectivity index (χ1n) is 5.61. The number of cyclic esters (lactones) is 1. The molecule has 0 saturated carbocycles. The molecule has 0 aliphatic carbocycles. The van der Waals surface area contributed by atoms with Crippen LogP contribution in [0, 0.1) is 5.92 Å². The average molecular weight is 244 g/mol. The Bertz CT molecular complexity index is 516. The standard InChI is InChI=1S/C14H12O4/c1-9-13(16)12(14(17)18-9)11(15)8-7-10-5-3-2-4-6-10/h2-9,12H,1H3/b8-7+. The van der Waals surface area contributed by atoms with E-state index in [1.165, 1.54) is 13.0 Å². The molecule has 1 aromatic carbocycles. The highest BCUT2D eigenvalue weighted by atomic mass is 16.6. The number of rotatable bonds is 3. The highest BCUT2D eigenvalue weighted by molar-refractivity contribution is 6.24. The Balaban J connectivity index is 2.11. The molecule has 0 amide bonds. The van der Waals surface area contributed by atoms with E-state index in [0.717, 1.165) is 5.56 Å². The lowest BCUT2D eigenvalue weighted by atomic mass is 9.98. The Morgan fingerprint density at radius 1 is 1.22 bits per heavy atom. The molecule has 1 aromatic rings. The van der Waals surface area contributed by atoms with Crippen LogP contribution in [0.3, 0.4) is 0 Å². The van der Waals surface area contributed by atoms with Crippen molar-refractivity contribution >= 4 is 23.6 Å². The fraction of sp³-hybridized carbons (Fsp3) is 0.214. The summed E-state index contributed by atoms with van der Waals surface area (Å²) < 4.78 is 4.72. The largest absolute Gasteiger partial charge is 0.454 e. The molecule has 0 aromatic heterocycles. The van der Waals surface area contributed by atoms with Crippen molar-refractivity contribution < 1.29 is 19.1 Å². The minimum Gasteiger partial charge on any atom is -0.454 e. The summed E-state index contributed by atoms with van der Waals surface area (Å²) in [5.74, 6) is -3.05. The quantitative estimate of drug-likeness (QED) is 0.458. The molecule has 1 fully saturated rings. The number of carbonyl (C=O) groups is 3. The lowest BCUT2D eigenvalue weighted by Gasteiger charge is -1.98. The molecule has 0 spiro atoms. The van der Waals surface area contributed by atoms with E-state index < -0.39 is 29.6 Å². The molecule has 0 radical (unpaired) electrons. The lowest BCUT2D eigenvalue weighted by Crippen LogP contribution is -2.25. The fourth-order valence-corrected chi connectivity index (χ4v) is 1.75. The number of ketones is 2. The van der Waals surface area contributed by atoms with Gasteiger partial charge in [-0.25, -0.2) is 0 Å². The molecule has 2 atom stereocenters. The second-order valence-corrected chi connectivity index (χ2v) is 4.06. The van der Waals surface area contributed by atoms with Crippen molar-refractivity contribution in [1.82, 2.24) is 0 Å². The van der Waals surface area contributed by atoms with Crippen LogP contribution in [0.25, 0.3) is 6.08 Å². The van der Waals surface area contributed by atoms with Crippen molar-refractivity contribution in [1.29, 1.82) is 0 Å². The highest BCUT2D eigenvalue weighted by Gasteiger charge is 2.44. The van der Waals surface area contributed by atoms with Crippen LogP contribution in [0.2, 0.25) is 0 Å². The zero-order valence-electron chi connectivity index (χ0n) is 9.83. The normalized spacial score (nSPS) is 23.4. The summed E-state index contributed by atoms with van der Waals surface area (Å²) in [5, 5.41) is 0. The van der Waals surface area contributed by atoms with E-state index in [1.54, 1.807) is 6.08 Å². The van der Waals surface area contributed by atoms with Gasteiger partial charge in [0.1, 0.15) is 0 Å². The lowest BCUT2D eigenvalue weighted by molar-refractivity contribution is -0.145. The zero-order chi connectivity index (χ0) is 13.1. The molecule has 2 rings (SSSR count).